The zero-order valence-corrected chi connectivity index (χ0v) is 16.0. The van der Waals surface area contributed by atoms with E-state index in [-0.39, 0.29) is 0 Å². The predicted octanol–water partition coefficient (Wildman–Crippen LogP) is 4.71. The second kappa shape index (κ2) is 10.5. The normalized spacial score (nSPS) is 10.7. The van der Waals surface area contributed by atoms with Crippen molar-refractivity contribution in [3.05, 3.63) is 57.6 Å². The van der Waals surface area contributed by atoms with Gasteiger partial charge in [0.05, 0.1) is 12.1 Å². The van der Waals surface area contributed by atoms with E-state index in [0.29, 0.717) is 34.7 Å². The zero-order valence-electron chi connectivity index (χ0n) is 14.5. The van der Waals surface area contributed by atoms with Crippen LogP contribution in [0.3, 0.4) is 0 Å². The maximum atomic E-state index is 6.39. The van der Waals surface area contributed by atoms with Gasteiger partial charge in [-0.3, -0.25) is 0 Å². The molecule has 4 nitrogen and oxygen atoms in total. The lowest BCUT2D eigenvalue weighted by Gasteiger charge is -2.15. The molecule has 0 saturated carbocycles. The molecule has 0 aliphatic carbocycles. The third-order valence-electron chi connectivity index (χ3n) is 3.59. The molecule has 136 valence electrons. The van der Waals surface area contributed by atoms with Crippen LogP contribution in [0.4, 0.5) is 0 Å². The van der Waals surface area contributed by atoms with Crippen LogP contribution in [0, 0.1) is 0 Å². The van der Waals surface area contributed by atoms with E-state index in [1.165, 1.54) is 0 Å². The Labute approximate surface area is 159 Å². The fraction of sp³-hybridized carbons (Fsp3) is 0.368. The molecule has 0 radical (unpaired) electrons. The Morgan fingerprint density at radius 3 is 2.60 bits per heavy atom. The summed E-state index contributed by atoms with van der Waals surface area (Å²) in [7, 11) is 3.31. The quantitative estimate of drug-likeness (QED) is 0.603. The second-order valence-corrected chi connectivity index (χ2v) is 6.39. The van der Waals surface area contributed by atoms with Crippen molar-refractivity contribution in [2.45, 2.75) is 19.6 Å². The summed E-state index contributed by atoms with van der Waals surface area (Å²) < 4.78 is 16.3. The Hall–Kier alpha value is -1.46. The molecule has 0 bridgehead atoms. The minimum atomic E-state index is 0.366. The highest BCUT2D eigenvalue weighted by atomic mass is 35.5. The van der Waals surface area contributed by atoms with E-state index in [9.17, 15) is 0 Å². The number of hydrogen-bond donors (Lipinski definition) is 1. The summed E-state index contributed by atoms with van der Waals surface area (Å²) in [5, 5.41) is 4.55. The number of rotatable bonds is 10. The number of halogens is 2. The average Bonchev–Trinajstić information content (AvgIpc) is 2.60. The van der Waals surface area contributed by atoms with Crippen molar-refractivity contribution in [3.63, 3.8) is 0 Å². The van der Waals surface area contributed by atoms with Crippen LogP contribution in [-0.4, -0.2) is 27.4 Å². The van der Waals surface area contributed by atoms with Crippen LogP contribution in [0.15, 0.2) is 36.4 Å². The van der Waals surface area contributed by atoms with Crippen molar-refractivity contribution in [1.29, 1.82) is 0 Å². The van der Waals surface area contributed by atoms with Gasteiger partial charge >= 0.3 is 0 Å². The third-order valence-corrected chi connectivity index (χ3v) is 4.11. The molecule has 2 aromatic rings. The van der Waals surface area contributed by atoms with Crippen molar-refractivity contribution < 1.29 is 14.2 Å². The van der Waals surface area contributed by atoms with Gasteiger partial charge in [0.2, 0.25) is 0 Å². The molecule has 0 amide bonds. The highest BCUT2D eigenvalue weighted by Gasteiger charge is 2.12. The summed E-state index contributed by atoms with van der Waals surface area (Å²) in [6.45, 7) is 2.69. The molecule has 2 aromatic carbocycles. The van der Waals surface area contributed by atoms with Crippen LogP contribution in [0.1, 0.15) is 17.5 Å². The van der Waals surface area contributed by atoms with Crippen LogP contribution >= 0.6 is 23.2 Å². The van der Waals surface area contributed by atoms with Gasteiger partial charge in [-0.25, -0.2) is 0 Å². The van der Waals surface area contributed by atoms with Gasteiger partial charge in [0, 0.05) is 25.3 Å². The first kappa shape index (κ1) is 19.9. The molecular weight excluding hydrogens is 361 g/mol. The fourth-order valence-electron chi connectivity index (χ4n) is 2.37. The molecule has 0 heterocycles. The monoisotopic (exact) mass is 383 g/mol. The van der Waals surface area contributed by atoms with E-state index in [1.807, 2.05) is 36.4 Å². The topological polar surface area (TPSA) is 39.7 Å². The third kappa shape index (κ3) is 6.40. The van der Waals surface area contributed by atoms with E-state index in [0.717, 1.165) is 30.7 Å². The van der Waals surface area contributed by atoms with Gasteiger partial charge in [-0.2, -0.15) is 0 Å². The van der Waals surface area contributed by atoms with Gasteiger partial charge in [-0.1, -0.05) is 35.3 Å². The Bertz CT molecular complexity index is 680. The molecule has 6 heteroatoms. The smallest absolute Gasteiger partial charge is 0.180 e. The largest absolute Gasteiger partial charge is 0.493 e. The maximum absolute atomic E-state index is 6.39. The summed E-state index contributed by atoms with van der Waals surface area (Å²) >= 11 is 12.4. The highest BCUT2D eigenvalue weighted by molar-refractivity contribution is 6.32. The minimum Gasteiger partial charge on any atom is -0.493 e. The highest BCUT2D eigenvalue weighted by Crippen LogP contribution is 2.37. The van der Waals surface area contributed by atoms with E-state index in [4.69, 9.17) is 37.4 Å². The number of nitrogens with one attached hydrogen (secondary N) is 1. The summed E-state index contributed by atoms with van der Waals surface area (Å²) in [5.74, 6) is 1.15. The van der Waals surface area contributed by atoms with E-state index in [1.54, 1.807) is 14.2 Å². The first-order valence-corrected chi connectivity index (χ1v) is 8.83. The standard InChI is InChI=1S/C19H23Cl2NO3/c1-23-8-4-7-22-12-15-10-17(21)19(18(11-15)24-2)25-13-14-5-3-6-16(20)9-14/h3,5-6,9-11,22H,4,7-8,12-13H2,1-2H3. The Balaban J connectivity index is 2.00. The molecular formula is C19H23Cl2NO3. The first-order valence-electron chi connectivity index (χ1n) is 8.07. The van der Waals surface area contributed by atoms with Crippen molar-refractivity contribution in [2.24, 2.45) is 0 Å². The molecule has 0 fully saturated rings. The summed E-state index contributed by atoms with van der Waals surface area (Å²) in [4.78, 5) is 0. The molecule has 25 heavy (non-hydrogen) atoms. The average molecular weight is 384 g/mol. The molecule has 0 aliphatic rings. The lowest BCUT2D eigenvalue weighted by molar-refractivity contribution is 0.194. The number of methoxy groups -OCH3 is 2. The Kier molecular flexibility index (Phi) is 8.35. The van der Waals surface area contributed by atoms with Gasteiger partial charge in [-0.15, -0.1) is 0 Å². The van der Waals surface area contributed by atoms with Gasteiger partial charge in [0.1, 0.15) is 6.61 Å². The summed E-state index contributed by atoms with van der Waals surface area (Å²) in [6, 6.07) is 11.3. The van der Waals surface area contributed by atoms with Crippen molar-refractivity contribution in [2.75, 3.05) is 27.4 Å². The minimum absolute atomic E-state index is 0.366. The van der Waals surface area contributed by atoms with Crippen LogP contribution in [0.25, 0.3) is 0 Å². The molecule has 0 spiro atoms. The maximum Gasteiger partial charge on any atom is 0.180 e. The van der Waals surface area contributed by atoms with Crippen LogP contribution < -0.4 is 14.8 Å². The lowest BCUT2D eigenvalue weighted by atomic mass is 10.2. The molecule has 0 atom stereocenters. The van der Waals surface area contributed by atoms with E-state index >= 15 is 0 Å². The Morgan fingerprint density at radius 1 is 1.04 bits per heavy atom. The lowest BCUT2D eigenvalue weighted by Crippen LogP contribution is -2.16. The molecule has 0 aliphatic heterocycles. The van der Waals surface area contributed by atoms with Crippen LogP contribution in [0.5, 0.6) is 11.5 Å². The first-order chi connectivity index (χ1) is 12.1. The SMILES string of the molecule is COCCCNCc1cc(Cl)c(OCc2cccc(Cl)c2)c(OC)c1. The van der Waals surface area contributed by atoms with Crippen molar-refractivity contribution >= 4 is 23.2 Å². The summed E-state index contributed by atoms with van der Waals surface area (Å²) in [6.07, 6.45) is 0.961. The Morgan fingerprint density at radius 2 is 1.88 bits per heavy atom. The molecule has 2 rings (SSSR count). The van der Waals surface area contributed by atoms with Gasteiger partial charge in [0.25, 0.3) is 0 Å². The van der Waals surface area contributed by atoms with Crippen LogP contribution in [0.2, 0.25) is 10.0 Å². The number of benzene rings is 2. The fourth-order valence-corrected chi connectivity index (χ4v) is 2.87. The predicted molar refractivity (Wildman–Crippen MR) is 102 cm³/mol. The van der Waals surface area contributed by atoms with Crippen molar-refractivity contribution in [3.8, 4) is 11.5 Å². The van der Waals surface area contributed by atoms with E-state index in [2.05, 4.69) is 5.32 Å². The second-order valence-electron chi connectivity index (χ2n) is 5.55. The molecule has 0 saturated heterocycles. The van der Waals surface area contributed by atoms with Gasteiger partial charge in [-0.05, 0) is 48.4 Å². The zero-order chi connectivity index (χ0) is 18.1. The van der Waals surface area contributed by atoms with Crippen LogP contribution in [-0.2, 0) is 17.9 Å². The van der Waals surface area contributed by atoms with Gasteiger partial charge < -0.3 is 19.5 Å². The van der Waals surface area contributed by atoms with Crippen molar-refractivity contribution in [1.82, 2.24) is 5.32 Å². The number of ether oxygens (including phenoxy) is 3. The summed E-state index contributed by atoms with van der Waals surface area (Å²) in [5.41, 5.74) is 2.00. The number of hydrogen-bond acceptors (Lipinski definition) is 4. The molecule has 0 aromatic heterocycles. The van der Waals surface area contributed by atoms with Gasteiger partial charge in [0.15, 0.2) is 11.5 Å². The molecule has 1 N–H and O–H groups in total. The van der Waals surface area contributed by atoms with E-state index < -0.39 is 0 Å². The molecule has 0 unspecified atom stereocenters.